The molecule has 0 bridgehead atoms. The lowest BCUT2D eigenvalue weighted by molar-refractivity contribution is 0.131. The average Bonchev–Trinajstić information content (AvgIpc) is 3.38. The van der Waals surface area contributed by atoms with Crippen LogP contribution in [0.1, 0.15) is 51.8 Å². The number of hydrogen-bond donors (Lipinski definition) is 1. The Bertz CT molecular complexity index is 786. The molecule has 2 aliphatic rings. The molecule has 9 nitrogen and oxygen atoms in total. The number of nitrogens with zero attached hydrogens (tertiary/aromatic N) is 6. The van der Waals surface area contributed by atoms with E-state index >= 15 is 0 Å². The van der Waals surface area contributed by atoms with Crippen molar-refractivity contribution in [2.75, 3.05) is 36.0 Å². The van der Waals surface area contributed by atoms with Crippen molar-refractivity contribution < 1.29 is 9.26 Å². The maximum absolute atomic E-state index is 6.13. The van der Waals surface area contributed by atoms with Gasteiger partial charge in [0.1, 0.15) is 0 Å². The number of anilines is 2. The van der Waals surface area contributed by atoms with Crippen molar-refractivity contribution in [2.45, 2.75) is 58.1 Å². The molecule has 2 atom stereocenters. The Hall–Kier alpha value is -2.42. The minimum Gasteiger partial charge on any atom is -0.487 e. The van der Waals surface area contributed by atoms with Crippen LogP contribution >= 0.6 is 0 Å². The molecular formula is C20H31N7O2. The SMILES string of the molecule is CC(C)c1noc(N2CCC([C@H](C)Oc3cnc(N4CC[C@@H](N)C4)nc3)CC2)n1. The topological polar surface area (TPSA) is 106 Å². The Morgan fingerprint density at radius 1 is 1.07 bits per heavy atom. The van der Waals surface area contributed by atoms with Gasteiger partial charge in [0.15, 0.2) is 11.6 Å². The summed E-state index contributed by atoms with van der Waals surface area (Å²) in [5, 5.41) is 4.06. The number of piperidine rings is 1. The fraction of sp³-hybridized carbons (Fsp3) is 0.700. The second kappa shape index (κ2) is 8.52. The molecule has 2 aromatic rings. The lowest BCUT2D eigenvalue weighted by atomic mass is 9.92. The molecule has 9 heteroatoms. The molecule has 0 spiro atoms. The van der Waals surface area contributed by atoms with Gasteiger partial charge in [-0.2, -0.15) is 4.98 Å². The smallest absolute Gasteiger partial charge is 0.324 e. The highest BCUT2D eigenvalue weighted by Gasteiger charge is 2.28. The van der Waals surface area contributed by atoms with Gasteiger partial charge in [-0.05, 0) is 32.1 Å². The van der Waals surface area contributed by atoms with E-state index in [2.05, 4.69) is 50.7 Å². The van der Waals surface area contributed by atoms with Crippen molar-refractivity contribution in [1.82, 2.24) is 20.1 Å². The van der Waals surface area contributed by atoms with E-state index in [1.54, 1.807) is 12.4 Å². The van der Waals surface area contributed by atoms with Crippen LogP contribution in [-0.4, -0.2) is 58.4 Å². The Balaban J connectivity index is 1.27. The van der Waals surface area contributed by atoms with Crippen molar-refractivity contribution in [2.24, 2.45) is 11.7 Å². The molecule has 0 saturated carbocycles. The first kappa shape index (κ1) is 19.9. The molecule has 2 N–H and O–H groups in total. The van der Waals surface area contributed by atoms with Crippen molar-refractivity contribution in [3.05, 3.63) is 18.2 Å². The van der Waals surface area contributed by atoms with Gasteiger partial charge in [0, 0.05) is 38.1 Å². The van der Waals surface area contributed by atoms with Crippen LogP contribution in [0.2, 0.25) is 0 Å². The molecule has 0 radical (unpaired) electrons. The predicted molar refractivity (Wildman–Crippen MR) is 110 cm³/mol. The molecule has 29 heavy (non-hydrogen) atoms. The summed E-state index contributed by atoms with van der Waals surface area (Å²) in [5.41, 5.74) is 5.96. The Morgan fingerprint density at radius 3 is 2.34 bits per heavy atom. The zero-order valence-corrected chi connectivity index (χ0v) is 17.5. The molecule has 0 aliphatic carbocycles. The maximum Gasteiger partial charge on any atom is 0.324 e. The van der Waals surface area contributed by atoms with Gasteiger partial charge in [0.2, 0.25) is 5.95 Å². The normalized spacial score (nSPS) is 21.8. The Morgan fingerprint density at radius 2 is 1.76 bits per heavy atom. The lowest BCUT2D eigenvalue weighted by Crippen LogP contribution is -2.38. The third-order valence-corrected chi connectivity index (χ3v) is 5.87. The minimum absolute atomic E-state index is 0.0979. The first-order valence-electron chi connectivity index (χ1n) is 10.6. The van der Waals surface area contributed by atoms with Gasteiger partial charge in [-0.3, -0.25) is 0 Å². The van der Waals surface area contributed by atoms with Crippen LogP contribution in [0.25, 0.3) is 0 Å². The van der Waals surface area contributed by atoms with E-state index in [4.69, 9.17) is 15.0 Å². The Kier molecular flexibility index (Phi) is 5.84. The lowest BCUT2D eigenvalue weighted by Gasteiger charge is -2.33. The van der Waals surface area contributed by atoms with Gasteiger partial charge >= 0.3 is 6.01 Å². The van der Waals surface area contributed by atoms with E-state index in [1.165, 1.54) is 0 Å². The van der Waals surface area contributed by atoms with Crippen molar-refractivity contribution in [3.63, 3.8) is 0 Å². The van der Waals surface area contributed by atoms with Crippen LogP contribution in [0.15, 0.2) is 16.9 Å². The van der Waals surface area contributed by atoms with E-state index in [9.17, 15) is 0 Å². The second-order valence-electron chi connectivity index (χ2n) is 8.45. The highest BCUT2D eigenvalue weighted by molar-refractivity contribution is 5.33. The first-order chi connectivity index (χ1) is 14.0. The summed E-state index contributed by atoms with van der Waals surface area (Å²) in [4.78, 5) is 17.7. The van der Waals surface area contributed by atoms with Gasteiger partial charge in [-0.1, -0.05) is 19.0 Å². The summed E-state index contributed by atoms with van der Waals surface area (Å²) in [5.74, 6) is 2.94. The summed E-state index contributed by atoms with van der Waals surface area (Å²) in [6.45, 7) is 9.76. The molecule has 158 valence electrons. The maximum atomic E-state index is 6.13. The quantitative estimate of drug-likeness (QED) is 0.779. The van der Waals surface area contributed by atoms with Crippen LogP contribution in [0.4, 0.5) is 12.0 Å². The number of nitrogens with two attached hydrogens (primary N) is 1. The number of rotatable bonds is 6. The van der Waals surface area contributed by atoms with E-state index < -0.39 is 0 Å². The molecule has 2 aliphatic heterocycles. The third-order valence-electron chi connectivity index (χ3n) is 5.87. The highest BCUT2D eigenvalue weighted by atomic mass is 16.5. The van der Waals surface area contributed by atoms with Crippen LogP contribution in [0, 0.1) is 5.92 Å². The van der Waals surface area contributed by atoms with Gasteiger partial charge in [0.25, 0.3) is 0 Å². The van der Waals surface area contributed by atoms with E-state index in [0.29, 0.717) is 17.7 Å². The zero-order chi connectivity index (χ0) is 20.4. The molecular weight excluding hydrogens is 370 g/mol. The summed E-state index contributed by atoms with van der Waals surface area (Å²) in [6, 6.07) is 0.843. The summed E-state index contributed by atoms with van der Waals surface area (Å²) < 4.78 is 11.6. The fourth-order valence-electron chi connectivity index (χ4n) is 3.96. The van der Waals surface area contributed by atoms with Crippen LogP contribution in [-0.2, 0) is 0 Å². The van der Waals surface area contributed by atoms with E-state index in [0.717, 1.165) is 57.2 Å². The van der Waals surface area contributed by atoms with Crippen LogP contribution in [0.3, 0.4) is 0 Å². The van der Waals surface area contributed by atoms with E-state index in [1.807, 2.05) is 0 Å². The van der Waals surface area contributed by atoms with Crippen LogP contribution in [0.5, 0.6) is 5.75 Å². The Labute approximate surface area is 171 Å². The molecule has 0 unspecified atom stereocenters. The highest BCUT2D eigenvalue weighted by Crippen LogP contribution is 2.27. The monoisotopic (exact) mass is 401 g/mol. The van der Waals surface area contributed by atoms with Gasteiger partial charge in [-0.15, -0.1) is 0 Å². The van der Waals surface area contributed by atoms with Gasteiger partial charge in [0.05, 0.1) is 18.5 Å². The van der Waals surface area contributed by atoms with Gasteiger partial charge < -0.3 is 24.8 Å². The molecule has 2 aromatic heterocycles. The number of hydrogen-bond acceptors (Lipinski definition) is 9. The molecule has 2 fully saturated rings. The van der Waals surface area contributed by atoms with Crippen LogP contribution < -0.4 is 20.3 Å². The van der Waals surface area contributed by atoms with Gasteiger partial charge in [-0.25, -0.2) is 9.97 Å². The summed E-state index contributed by atoms with van der Waals surface area (Å²) in [6.07, 6.45) is 6.66. The standard InChI is InChI=1S/C20H31N7O2/c1-13(2)18-24-20(29-25-18)26-7-4-15(5-8-26)14(3)28-17-10-22-19(23-11-17)27-9-6-16(21)12-27/h10-11,13-16H,4-9,12,21H2,1-3H3/t14-,16+/m0/s1. The number of ether oxygens (including phenoxy) is 1. The van der Waals surface area contributed by atoms with Crippen molar-refractivity contribution in [3.8, 4) is 5.75 Å². The van der Waals surface area contributed by atoms with Crippen molar-refractivity contribution in [1.29, 1.82) is 0 Å². The second-order valence-corrected chi connectivity index (χ2v) is 8.45. The summed E-state index contributed by atoms with van der Waals surface area (Å²) >= 11 is 0. The first-order valence-corrected chi connectivity index (χ1v) is 10.6. The third kappa shape index (κ3) is 4.60. The fourth-order valence-corrected chi connectivity index (χ4v) is 3.96. The molecule has 0 amide bonds. The predicted octanol–water partition coefficient (Wildman–Crippen LogP) is 2.20. The molecule has 4 heterocycles. The average molecular weight is 402 g/mol. The molecule has 0 aromatic carbocycles. The minimum atomic E-state index is 0.0979. The molecule has 2 saturated heterocycles. The zero-order valence-electron chi connectivity index (χ0n) is 17.5. The van der Waals surface area contributed by atoms with E-state index in [-0.39, 0.29) is 18.1 Å². The number of aromatic nitrogens is 4. The largest absolute Gasteiger partial charge is 0.487 e. The molecule has 4 rings (SSSR count). The summed E-state index contributed by atoms with van der Waals surface area (Å²) in [7, 11) is 0. The van der Waals surface area contributed by atoms with Crippen molar-refractivity contribution >= 4 is 12.0 Å².